The lowest BCUT2D eigenvalue weighted by Crippen LogP contribution is -2.56. The van der Waals surface area contributed by atoms with Crippen molar-refractivity contribution in [2.45, 2.75) is 75.3 Å². The van der Waals surface area contributed by atoms with Gasteiger partial charge in [-0.1, -0.05) is 12.1 Å². The molecule has 0 radical (unpaired) electrons. The number of nitrogens with one attached hydrogen (secondary N) is 3. The lowest BCUT2D eigenvalue weighted by Gasteiger charge is -2.42. The van der Waals surface area contributed by atoms with Gasteiger partial charge in [-0.2, -0.15) is 0 Å². The zero-order valence-corrected chi connectivity index (χ0v) is 34.9. The van der Waals surface area contributed by atoms with E-state index in [1.807, 2.05) is 0 Å². The number of rotatable bonds is 18. The van der Waals surface area contributed by atoms with Crippen molar-refractivity contribution < 1.29 is 97.2 Å². The zero-order chi connectivity index (χ0) is 47.3. The Morgan fingerprint density at radius 3 is 2.11 bits per heavy atom. The van der Waals surface area contributed by atoms with E-state index in [4.69, 9.17) is 23.7 Å². The number of Topliss-reactive ketones (excluding diaryl/α,β-unsaturated/α-hetero) is 1. The lowest BCUT2D eigenvalue weighted by molar-refractivity contribution is -0.249. The normalized spacial score (nSPS) is 23.5. The highest BCUT2D eigenvalue weighted by Gasteiger charge is 2.50. The van der Waals surface area contributed by atoms with E-state index in [0.717, 1.165) is 0 Å². The minimum Gasteiger partial charge on any atom is -0.507 e. The third kappa shape index (κ3) is 10.3. The van der Waals surface area contributed by atoms with Crippen LogP contribution in [-0.4, -0.2) is 167 Å². The van der Waals surface area contributed by atoms with E-state index >= 15 is 0 Å². The Bertz CT molecular complexity index is 2280. The zero-order valence-electron chi connectivity index (χ0n) is 34.9. The summed E-state index contributed by atoms with van der Waals surface area (Å²) in [6.07, 6.45) is -7.03. The number of hydroxylamine groups is 2. The van der Waals surface area contributed by atoms with Crippen LogP contribution >= 0.6 is 0 Å². The maximum atomic E-state index is 13.9. The molecule has 8 N–H and O–H groups in total. The number of amides is 5. The summed E-state index contributed by atoms with van der Waals surface area (Å²) >= 11 is 0. The van der Waals surface area contributed by atoms with Gasteiger partial charge in [-0.3, -0.25) is 38.4 Å². The van der Waals surface area contributed by atoms with Crippen LogP contribution in [0.25, 0.3) is 0 Å². The fraction of sp³-hybridized carbons (Fsp3) is 0.488. The fourth-order valence-electron chi connectivity index (χ4n) is 7.86. The molecule has 0 spiro atoms. The van der Waals surface area contributed by atoms with Crippen molar-refractivity contribution in [3.8, 4) is 17.2 Å². The standard InChI is InChI=1S/C41H46N4O20/c1-18-36(54)21(44-27(50)16-61-14-25(48)42-8-9-43-26(49)15-62-17-30(53)65-45-28(51)6-7-29(45)52)10-31(63-18)64-23-12-41(59,24(47)13-46)11-20-33(23)40(58)35-34(38(20)56)37(55)19-4-3-5-22(60-2)32(19)39(35)57/h3-5,18,21,23,31,36,46,54,56,58-59H,6-17H2,1-2H3,(H,42,48)(H,43,49)(H,44,50)/t18-,21-,23-,31-,36+,41-/m0/s1. The number of aliphatic hydroxyl groups is 3. The molecule has 350 valence electrons. The van der Waals surface area contributed by atoms with Crippen molar-refractivity contribution in [2.24, 2.45) is 0 Å². The first-order valence-corrected chi connectivity index (χ1v) is 20.2. The van der Waals surface area contributed by atoms with E-state index in [1.54, 1.807) is 0 Å². The van der Waals surface area contributed by atoms with Gasteiger partial charge in [-0.25, -0.2) is 4.79 Å². The molecule has 0 aromatic heterocycles. The number of benzene rings is 2. The number of hydrogen-bond acceptors (Lipinski definition) is 20. The van der Waals surface area contributed by atoms with Crippen molar-refractivity contribution in [1.82, 2.24) is 21.0 Å². The van der Waals surface area contributed by atoms with Gasteiger partial charge >= 0.3 is 5.97 Å². The predicted molar refractivity (Wildman–Crippen MR) is 211 cm³/mol. The monoisotopic (exact) mass is 914 g/mol. The van der Waals surface area contributed by atoms with Crippen molar-refractivity contribution in [3.63, 3.8) is 0 Å². The van der Waals surface area contributed by atoms with E-state index in [2.05, 4.69) is 20.8 Å². The van der Waals surface area contributed by atoms with Crippen molar-refractivity contribution in [2.75, 3.05) is 53.2 Å². The van der Waals surface area contributed by atoms with Gasteiger partial charge < -0.3 is 70.0 Å². The molecule has 2 saturated heterocycles. The summed E-state index contributed by atoms with van der Waals surface area (Å²) in [6, 6.07) is 3.13. The molecule has 2 aliphatic heterocycles. The van der Waals surface area contributed by atoms with Crippen LogP contribution in [0.2, 0.25) is 0 Å². The summed E-state index contributed by atoms with van der Waals surface area (Å²) < 4.78 is 27.4. The predicted octanol–water partition coefficient (Wildman–Crippen LogP) is -2.97. The van der Waals surface area contributed by atoms with Crippen LogP contribution < -0.4 is 20.7 Å². The molecule has 5 amide bonds. The van der Waals surface area contributed by atoms with E-state index < -0.39 is 158 Å². The third-order valence-electron chi connectivity index (χ3n) is 11.0. The molecule has 0 bridgehead atoms. The van der Waals surface area contributed by atoms with Gasteiger partial charge in [0.1, 0.15) is 62.0 Å². The Morgan fingerprint density at radius 2 is 1.48 bits per heavy atom. The van der Waals surface area contributed by atoms with Crippen LogP contribution in [-0.2, 0) is 63.8 Å². The molecular formula is C41H46N4O20. The average Bonchev–Trinajstić information content (AvgIpc) is 3.58. The SMILES string of the molecule is COc1cccc2c1C(=O)c1c(O)c3c(c(O)c1C2=O)C[C@@](O)(C(=O)CO)C[C@@H]3O[C@H]1C[C@H](NC(=O)COCC(=O)NCCNC(=O)COCC(=O)ON2C(=O)CCC2=O)[C@H](O)[C@H](C)O1. The lowest BCUT2D eigenvalue weighted by atomic mass is 9.72. The molecule has 0 unspecified atom stereocenters. The Balaban J connectivity index is 1.02. The highest BCUT2D eigenvalue weighted by Crippen LogP contribution is 2.52. The quantitative estimate of drug-likeness (QED) is 0.0359. The number of nitrogens with zero attached hydrogens (tertiary/aromatic N) is 1. The summed E-state index contributed by atoms with van der Waals surface area (Å²) in [5.74, 6) is -8.88. The molecule has 2 heterocycles. The Morgan fingerprint density at radius 1 is 0.862 bits per heavy atom. The Hall–Kier alpha value is -6.41. The van der Waals surface area contributed by atoms with Crippen LogP contribution in [0.1, 0.15) is 81.7 Å². The Kier molecular flexibility index (Phi) is 14.9. The first-order chi connectivity index (χ1) is 30.9. The number of imide groups is 1. The molecule has 6 atom stereocenters. The number of phenolic OH excluding ortho intramolecular Hbond substituents is 2. The van der Waals surface area contributed by atoms with Gasteiger partial charge in [0.2, 0.25) is 23.5 Å². The number of hydrogen-bond donors (Lipinski definition) is 8. The molecule has 2 aromatic carbocycles. The van der Waals surface area contributed by atoms with Crippen molar-refractivity contribution in [1.29, 1.82) is 0 Å². The van der Waals surface area contributed by atoms with Crippen molar-refractivity contribution >= 4 is 52.9 Å². The van der Waals surface area contributed by atoms with Gasteiger partial charge in [0.05, 0.1) is 42.0 Å². The third-order valence-corrected chi connectivity index (χ3v) is 11.0. The molecule has 2 aliphatic carbocycles. The number of aliphatic hydroxyl groups excluding tert-OH is 2. The molecular weight excluding hydrogens is 868 g/mol. The second kappa shape index (κ2) is 20.2. The van der Waals surface area contributed by atoms with Gasteiger partial charge in [0, 0.05) is 61.9 Å². The molecule has 4 aliphatic rings. The topological polar surface area (TPSA) is 349 Å². The smallest absolute Gasteiger partial charge is 0.358 e. The van der Waals surface area contributed by atoms with Crippen LogP contribution in [0.5, 0.6) is 17.2 Å². The van der Waals surface area contributed by atoms with Gasteiger partial charge in [-0.15, -0.1) is 5.06 Å². The number of methoxy groups -OCH3 is 1. The number of aromatic hydroxyl groups is 2. The fourth-order valence-corrected chi connectivity index (χ4v) is 7.86. The maximum absolute atomic E-state index is 13.9. The number of phenols is 2. The molecule has 24 nitrogen and oxygen atoms in total. The molecule has 65 heavy (non-hydrogen) atoms. The number of ketones is 3. The minimum absolute atomic E-state index is 0.0202. The van der Waals surface area contributed by atoms with Crippen molar-refractivity contribution in [3.05, 3.63) is 51.6 Å². The highest BCUT2D eigenvalue weighted by atomic mass is 16.7. The molecule has 24 heteroatoms. The van der Waals surface area contributed by atoms with Gasteiger partial charge in [0.25, 0.3) is 11.8 Å². The highest BCUT2D eigenvalue weighted by molar-refractivity contribution is 6.31. The van der Waals surface area contributed by atoms with Crippen LogP contribution in [0.4, 0.5) is 0 Å². The van der Waals surface area contributed by atoms with Crippen LogP contribution in [0.15, 0.2) is 18.2 Å². The summed E-state index contributed by atoms with van der Waals surface area (Å²) in [6.45, 7) is -2.34. The summed E-state index contributed by atoms with van der Waals surface area (Å²) in [5, 5.41) is 63.3. The summed E-state index contributed by atoms with van der Waals surface area (Å²) in [5.41, 5.74) is -4.43. The first-order valence-electron chi connectivity index (χ1n) is 20.2. The molecule has 6 rings (SSSR count). The Labute approximate surface area is 368 Å². The number of ether oxygens (including phenoxy) is 5. The van der Waals surface area contributed by atoms with Crippen LogP contribution in [0, 0.1) is 0 Å². The van der Waals surface area contributed by atoms with E-state index in [9.17, 15) is 68.7 Å². The molecule has 0 saturated carbocycles. The first kappa shape index (κ1) is 48.1. The van der Waals surface area contributed by atoms with Gasteiger partial charge in [-0.05, 0) is 13.0 Å². The molecule has 2 fully saturated rings. The maximum Gasteiger partial charge on any atom is 0.358 e. The summed E-state index contributed by atoms with van der Waals surface area (Å²) in [7, 11) is 1.27. The van der Waals surface area contributed by atoms with Crippen LogP contribution in [0.3, 0.4) is 0 Å². The number of fused-ring (bicyclic) bond motifs is 3. The largest absolute Gasteiger partial charge is 0.507 e. The second-order valence-corrected chi connectivity index (χ2v) is 15.4. The number of carbonyl (C=O) groups excluding carboxylic acids is 9. The average molecular weight is 915 g/mol. The second-order valence-electron chi connectivity index (χ2n) is 15.4. The molecule has 2 aromatic rings. The van der Waals surface area contributed by atoms with E-state index in [0.29, 0.717) is 5.06 Å². The minimum atomic E-state index is -2.41. The van der Waals surface area contributed by atoms with E-state index in [-0.39, 0.29) is 60.4 Å². The van der Waals surface area contributed by atoms with Gasteiger partial charge in [0.15, 0.2) is 17.9 Å². The number of carbonyl (C=O) groups is 9. The van der Waals surface area contributed by atoms with E-state index in [1.165, 1.54) is 32.2 Å². The summed E-state index contributed by atoms with van der Waals surface area (Å²) in [4.78, 5) is 117.